The van der Waals surface area contributed by atoms with Crippen LogP contribution in [0.25, 0.3) is 10.9 Å². The summed E-state index contributed by atoms with van der Waals surface area (Å²) in [6, 6.07) is 12.1. The number of nitriles is 1. The van der Waals surface area contributed by atoms with Crippen LogP contribution in [-0.2, 0) is 4.74 Å². The van der Waals surface area contributed by atoms with E-state index in [1.807, 2.05) is 30.3 Å². The first-order valence-electron chi connectivity index (χ1n) is 6.89. The highest BCUT2D eigenvalue weighted by Crippen LogP contribution is 2.26. The van der Waals surface area contributed by atoms with Gasteiger partial charge in [-0.25, -0.2) is 4.98 Å². The molecule has 2 heterocycles. The van der Waals surface area contributed by atoms with Crippen molar-refractivity contribution in [3.05, 3.63) is 35.9 Å². The van der Waals surface area contributed by atoms with E-state index in [0.717, 1.165) is 42.7 Å². The Morgan fingerprint density at radius 1 is 1.30 bits per heavy atom. The average Bonchev–Trinajstić information content (AvgIpc) is 2.53. The summed E-state index contributed by atoms with van der Waals surface area (Å²) in [4.78, 5) is 6.88. The summed E-state index contributed by atoms with van der Waals surface area (Å²) in [6.07, 6.45) is 2.29. The van der Waals surface area contributed by atoms with Crippen LogP contribution in [0.15, 0.2) is 30.3 Å². The van der Waals surface area contributed by atoms with Gasteiger partial charge in [0, 0.05) is 25.6 Å². The third-order valence-electron chi connectivity index (χ3n) is 3.90. The molecule has 1 aromatic heterocycles. The van der Waals surface area contributed by atoms with E-state index in [-0.39, 0.29) is 0 Å². The zero-order valence-electron chi connectivity index (χ0n) is 11.5. The van der Waals surface area contributed by atoms with Crippen LogP contribution in [0.2, 0.25) is 0 Å². The molecule has 20 heavy (non-hydrogen) atoms. The van der Waals surface area contributed by atoms with Gasteiger partial charge in [-0.2, -0.15) is 5.26 Å². The number of ether oxygens (including phenoxy) is 1. The number of piperidine rings is 1. The molecule has 0 saturated carbocycles. The highest BCUT2D eigenvalue weighted by Gasteiger charge is 2.22. The van der Waals surface area contributed by atoms with Crippen LogP contribution in [0.1, 0.15) is 18.4 Å². The van der Waals surface area contributed by atoms with E-state index >= 15 is 0 Å². The lowest BCUT2D eigenvalue weighted by Gasteiger charge is -2.32. The molecular weight excluding hydrogens is 250 g/mol. The number of aromatic nitrogens is 1. The minimum absolute atomic E-state index is 0.331. The molecule has 0 unspecified atom stereocenters. The molecule has 3 rings (SSSR count). The maximum atomic E-state index is 9.37. The van der Waals surface area contributed by atoms with Crippen LogP contribution < -0.4 is 4.90 Å². The molecule has 4 nitrogen and oxygen atoms in total. The Morgan fingerprint density at radius 3 is 2.75 bits per heavy atom. The molecule has 0 bridgehead atoms. The Balaban J connectivity index is 1.96. The lowest BCUT2D eigenvalue weighted by Crippen LogP contribution is -2.37. The van der Waals surface area contributed by atoms with Gasteiger partial charge in [-0.1, -0.05) is 18.2 Å². The number of anilines is 1. The number of methoxy groups -OCH3 is 1. The number of hydrogen-bond donors (Lipinski definition) is 0. The van der Waals surface area contributed by atoms with E-state index in [0.29, 0.717) is 11.7 Å². The van der Waals surface area contributed by atoms with Crippen molar-refractivity contribution in [2.24, 2.45) is 0 Å². The van der Waals surface area contributed by atoms with Gasteiger partial charge in [0.25, 0.3) is 0 Å². The molecule has 4 heteroatoms. The average molecular weight is 267 g/mol. The summed E-state index contributed by atoms with van der Waals surface area (Å²) in [5, 5.41) is 10.4. The van der Waals surface area contributed by atoms with Crippen LogP contribution in [0.4, 0.5) is 5.82 Å². The fourth-order valence-corrected chi connectivity index (χ4v) is 2.73. The zero-order valence-corrected chi connectivity index (χ0v) is 11.5. The van der Waals surface area contributed by atoms with E-state index in [2.05, 4.69) is 16.0 Å². The molecule has 1 fully saturated rings. The Morgan fingerprint density at radius 2 is 2.05 bits per heavy atom. The van der Waals surface area contributed by atoms with Crippen molar-refractivity contribution in [2.45, 2.75) is 18.9 Å². The second-order valence-electron chi connectivity index (χ2n) is 5.09. The molecule has 102 valence electrons. The predicted molar refractivity (Wildman–Crippen MR) is 78.7 cm³/mol. The second-order valence-corrected chi connectivity index (χ2v) is 5.09. The first-order chi connectivity index (χ1) is 9.81. The van der Waals surface area contributed by atoms with Gasteiger partial charge in [-0.15, -0.1) is 0 Å². The number of rotatable bonds is 2. The van der Waals surface area contributed by atoms with Crippen molar-refractivity contribution < 1.29 is 4.74 Å². The lowest BCUT2D eigenvalue weighted by molar-refractivity contribution is 0.0818. The molecule has 0 radical (unpaired) electrons. The zero-order chi connectivity index (χ0) is 13.9. The van der Waals surface area contributed by atoms with E-state index in [1.54, 1.807) is 7.11 Å². The molecule has 2 aromatic rings. The van der Waals surface area contributed by atoms with Crippen LogP contribution in [0.3, 0.4) is 0 Å². The van der Waals surface area contributed by atoms with Gasteiger partial charge in [0.1, 0.15) is 11.9 Å². The molecular formula is C16H17N3O. The summed E-state index contributed by atoms with van der Waals surface area (Å²) in [6.45, 7) is 1.77. The highest BCUT2D eigenvalue weighted by molar-refractivity contribution is 5.83. The van der Waals surface area contributed by atoms with Crippen molar-refractivity contribution >= 4 is 16.7 Å². The highest BCUT2D eigenvalue weighted by atomic mass is 16.5. The van der Waals surface area contributed by atoms with E-state index in [1.165, 1.54) is 0 Å². The molecule has 1 aliphatic heterocycles. The van der Waals surface area contributed by atoms with Crippen molar-refractivity contribution in [1.82, 2.24) is 4.98 Å². The molecule has 1 aliphatic rings. The Bertz CT molecular complexity index is 654. The number of fused-ring (bicyclic) bond motifs is 1. The topological polar surface area (TPSA) is 49.1 Å². The number of pyridine rings is 1. The minimum atomic E-state index is 0.331. The molecule has 1 saturated heterocycles. The van der Waals surface area contributed by atoms with Crippen molar-refractivity contribution in [3.8, 4) is 6.07 Å². The first kappa shape index (κ1) is 12.9. The fraction of sp³-hybridized carbons (Fsp3) is 0.375. The van der Waals surface area contributed by atoms with Crippen molar-refractivity contribution in [3.63, 3.8) is 0 Å². The van der Waals surface area contributed by atoms with Crippen molar-refractivity contribution in [2.75, 3.05) is 25.1 Å². The molecule has 0 spiro atoms. The summed E-state index contributed by atoms with van der Waals surface area (Å²) >= 11 is 0. The lowest BCUT2D eigenvalue weighted by atomic mass is 10.1. The van der Waals surface area contributed by atoms with Crippen LogP contribution in [0.5, 0.6) is 0 Å². The van der Waals surface area contributed by atoms with Crippen LogP contribution in [0, 0.1) is 11.3 Å². The van der Waals surface area contributed by atoms with Crippen LogP contribution in [-0.4, -0.2) is 31.3 Å². The first-order valence-corrected chi connectivity index (χ1v) is 6.89. The molecule has 0 N–H and O–H groups in total. The number of para-hydroxylation sites is 1. The number of benzene rings is 1. The van der Waals surface area contributed by atoms with Gasteiger partial charge >= 0.3 is 0 Å². The molecule has 1 aromatic carbocycles. The summed E-state index contributed by atoms with van der Waals surface area (Å²) in [5.41, 5.74) is 1.59. The van der Waals surface area contributed by atoms with Gasteiger partial charge in [-0.3, -0.25) is 0 Å². The third-order valence-corrected chi connectivity index (χ3v) is 3.90. The monoisotopic (exact) mass is 267 g/mol. The van der Waals surface area contributed by atoms with E-state index in [9.17, 15) is 5.26 Å². The maximum absolute atomic E-state index is 9.37. The number of nitrogens with zero attached hydrogens (tertiary/aromatic N) is 3. The fourth-order valence-electron chi connectivity index (χ4n) is 2.73. The van der Waals surface area contributed by atoms with Gasteiger partial charge in [0.15, 0.2) is 0 Å². The maximum Gasteiger partial charge on any atom is 0.147 e. The van der Waals surface area contributed by atoms with E-state index in [4.69, 9.17) is 4.74 Å². The Labute approximate surface area is 118 Å². The molecule has 0 amide bonds. The standard InChI is InChI=1S/C16H17N3O/c1-20-14-6-8-19(9-7-14)16-13(11-17)10-12-4-2-3-5-15(12)18-16/h2-5,10,14H,6-9H2,1H3. The molecule has 0 atom stereocenters. The normalized spacial score (nSPS) is 16.3. The third kappa shape index (κ3) is 2.33. The predicted octanol–water partition coefficient (Wildman–Crippen LogP) is 2.72. The molecule has 0 aliphatic carbocycles. The summed E-state index contributed by atoms with van der Waals surface area (Å²) < 4.78 is 5.39. The van der Waals surface area contributed by atoms with Gasteiger partial charge in [0.05, 0.1) is 17.2 Å². The smallest absolute Gasteiger partial charge is 0.147 e. The Kier molecular flexibility index (Phi) is 3.53. The summed E-state index contributed by atoms with van der Waals surface area (Å²) in [7, 11) is 1.76. The van der Waals surface area contributed by atoms with Gasteiger partial charge in [0.2, 0.25) is 0 Å². The van der Waals surface area contributed by atoms with Gasteiger partial charge in [-0.05, 0) is 25.0 Å². The second kappa shape index (κ2) is 5.48. The quantitative estimate of drug-likeness (QED) is 0.839. The Hall–Kier alpha value is -2.12. The van der Waals surface area contributed by atoms with E-state index < -0.39 is 0 Å². The number of hydrogen-bond acceptors (Lipinski definition) is 4. The SMILES string of the molecule is COC1CCN(c2nc3ccccc3cc2C#N)CC1. The van der Waals surface area contributed by atoms with Crippen LogP contribution >= 0.6 is 0 Å². The summed E-state index contributed by atoms with van der Waals surface area (Å²) in [5.74, 6) is 0.806. The minimum Gasteiger partial charge on any atom is -0.381 e. The van der Waals surface area contributed by atoms with Gasteiger partial charge < -0.3 is 9.64 Å². The van der Waals surface area contributed by atoms with Crippen molar-refractivity contribution in [1.29, 1.82) is 5.26 Å². The largest absolute Gasteiger partial charge is 0.381 e.